The Kier molecular flexibility index (Phi) is 4.62. The highest BCUT2D eigenvalue weighted by Gasteiger charge is 2.37. The minimum absolute atomic E-state index is 0.00605. The molecule has 0 heterocycles. The molecule has 1 unspecified atom stereocenters. The standard InChI is InChI=1S/C17H21NO5S/c19-16(18-15(17(20)21)11-5-6-11)12-7-9-14(10-8-12)24(22,23)13-3-1-2-4-13/h7-11,13,15H,1-6H2,(H,18,19)(H,20,21). The molecule has 0 spiro atoms. The van der Waals surface area contributed by atoms with Gasteiger partial charge in [-0.2, -0.15) is 0 Å². The minimum atomic E-state index is -3.35. The molecule has 0 saturated heterocycles. The zero-order valence-electron chi connectivity index (χ0n) is 13.3. The Bertz CT molecular complexity index is 731. The average molecular weight is 351 g/mol. The number of hydrogen-bond acceptors (Lipinski definition) is 4. The molecule has 1 amide bonds. The molecule has 1 atom stereocenters. The Morgan fingerprint density at radius 2 is 1.62 bits per heavy atom. The molecule has 6 nitrogen and oxygen atoms in total. The van der Waals surface area contributed by atoms with Gasteiger partial charge in [0.15, 0.2) is 9.84 Å². The maximum atomic E-state index is 12.5. The number of benzene rings is 1. The molecular formula is C17H21NO5S. The summed E-state index contributed by atoms with van der Waals surface area (Å²) < 4.78 is 25.0. The largest absolute Gasteiger partial charge is 0.480 e. The molecule has 0 bridgehead atoms. The summed E-state index contributed by atoms with van der Waals surface area (Å²) in [6, 6.07) is 4.90. The van der Waals surface area contributed by atoms with Crippen LogP contribution in [0.4, 0.5) is 0 Å². The van der Waals surface area contributed by atoms with Gasteiger partial charge in [0.05, 0.1) is 10.1 Å². The summed E-state index contributed by atoms with van der Waals surface area (Å²) in [4.78, 5) is 23.6. The lowest BCUT2D eigenvalue weighted by molar-refractivity contribution is -0.139. The van der Waals surface area contributed by atoms with Gasteiger partial charge < -0.3 is 10.4 Å². The van der Waals surface area contributed by atoms with Crippen molar-refractivity contribution >= 4 is 21.7 Å². The molecule has 2 saturated carbocycles. The van der Waals surface area contributed by atoms with Crippen molar-refractivity contribution in [1.29, 1.82) is 0 Å². The monoisotopic (exact) mass is 351 g/mol. The average Bonchev–Trinajstić information content (AvgIpc) is 3.23. The Labute approximate surface area is 141 Å². The Balaban J connectivity index is 1.71. The molecule has 2 fully saturated rings. The van der Waals surface area contributed by atoms with Crippen LogP contribution < -0.4 is 5.32 Å². The van der Waals surface area contributed by atoms with Gasteiger partial charge in [-0.05, 0) is 55.9 Å². The molecule has 0 radical (unpaired) electrons. The van der Waals surface area contributed by atoms with Crippen LogP contribution in [0.15, 0.2) is 29.2 Å². The van der Waals surface area contributed by atoms with E-state index in [-0.39, 0.29) is 21.6 Å². The van der Waals surface area contributed by atoms with E-state index in [0.717, 1.165) is 25.7 Å². The van der Waals surface area contributed by atoms with Gasteiger partial charge in [-0.3, -0.25) is 4.79 Å². The van der Waals surface area contributed by atoms with Gasteiger partial charge in [-0.25, -0.2) is 13.2 Å². The first-order valence-electron chi connectivity index (χ1n) is 8.27. The molecule has 2 N–H and O–H groups in total. The van der Waals surface area contributed by atoms with Crippen LogP contribution in [0, 0.1) is 5.92 Å². The summed E-state index contributed by atoms with van der Waals surface area (Å²) in [5.74, 6) is -1.53. The molecular weight excluding hydrogens is 330 g/mol. The lowest BCUT2D eigenvalue weighted by atomic mass is 10.1. The predicted octanol–water partition coefficient (Wildman–Crippen LogP) is 2.00. The van der Waals surface area contributed by atoms with E-state index < -0.39 is 27.8 Å². The molecule has 0 aliphatic heterocycles. The second-order valence-corrected chi connectivity index (χ2v) is 8.83. The summed E-state index contributed by atoms with van der Waals surface area (Å²) in [6.45, 7) is 0. The number of aliphatic carboxylic acids is 1. The van der Waals surface area contributed by atoms with Gasteiger partial charge in [0.2, 0.25) is 0 Å². The first-order valence-corrected chi connectivity index (χ1v) is 9.82. The van der Waals surface area contributed by atoms with Crippen LogP contribution >= 0.6 is 0 Å². The van der Waals surface area contributed by atoms with E-state index in [2.05, 4.69) is 5.32 Å². The zero-order chi connectivity index (χ0) is 17.3. The molecule has 24 heavy (non-hydrogen) atoms. The SMILES string of the molecule is O=C(NC(C(=O)O)C1CC1)c1ccc(S(=O)(=O)C2CCCC2)cc1. The summed E-state index contributed by atoms with van der Waals surface area (Å²) in [5.41, 5.74) is 0.271. The van der Waals surface area contributed by atoms with Crippen LogP contribution in [0.3, 0.4) is 0 Å². The number of nitrogens with one attached hydrogen (secondary N) is 1. The summed E-state index contributed by atoms with van der Waals surface area (Å²) in [5, 5.41) is 11.3. The summed E-state index contributed by atoms with van der Waals surface area (Å²) in [6.07, 6.45) is 4.84. The minimum Gasteiger partial charge on any atom is -0.480 e. The van der Waals surface area contributed by atoms with Crippen LogP contribution in [0.25, 0.3) is 0 Å². The molecule has 0 aromatic heterocycles. The second-order valence-electron chi connectivity index (χ2n) is 6.60. The topological polar surface area (TPSA) is 101 Å². The van der Waals surface area contributed by atoms with Crippen molar-refractivity contribution in [2.45, 2.75) is 54.7 Å². The Morgan fingerprint density at radius 1 is 1.04 bits per heavy atom. The Hall–Kier alpha value is -1.89. The van der Waals surface area contributed by atoms with Crippen LogP contribution in [0.5, 0.6) is 0 Å². The number of hydrogen-bond donors (Lipinski definition) is 2. The highest BCUT2D eigenvalue weighted by molar-refractivity contribution is 7.92. The molecule has 1 aromatic rings. The molecule has 2 aliphatic rings. The normalized spacial score (nSPS) is 19.8. The second kappa shape index (κ2) is 6.55. The quantitative estimate of drug-likeness (QED) is 0.816. The fourth-order valence-electron chi connectivity index (χ4n) is 3.22. The highest BCUT2D eigenvalue weighted by atomic mass is 32.2. The lowest BCUT2D eigenvalue weighted by Gasteiger charge is -2.14. The number of carboxylic acids is 1. The van der Waals surface area contributed by atoms with Crippen molar-refractivity contribution in [3.63, 3.8) is 0 Å². The van der Waals surface area contributed by atoms with Crippen molar-refractivity contribution < 1.29 is 23.1 Å². The van der Waals surface area contributed by atoms with Crippen LogP contribution in [0.1, 0.15) is 48.9 Å². The number of carbonyl (C=O) groups excluding carboxylic acids is 1. The smallest absolute Gasteiger partial charge is 0.326 e. The zero-order valence-corrected chi connectivity index (χ0v) is 14.1. The molecule has 3 rings (SSSR count). The van der Waals surface area contributed by atoms with Gasteiger partial charge in [0.1, 0.15) is 6.04 Å². The summed E-state index contributed by atoms with van der Waals surface area (Å²) in [7, 11) is -3.35. The van der Waals surface area contributed by atoms with Gasteiger partial charge in [-0.15, -0.1) is 0 Å². The van der Waals surface area contributed by atoms with Crippen LogP contribution in [-0.4, -0.2) is 36.7 Å². The van der Waals surface area contributed by atoms with Crippen molar-refractivity contribution in [2.75, 3.05) is 0 Å². The van der Waals surface area contributed by atoms with Gasteiger partial charge in [0.25, 0.3) is 5.91 Å². The third-order valence-electron chi connectivity index (χ3n) is 4.83. The van der Waals surface area contributed by atoms with E-state index in [9.17, 15) is 18.0 Å². The summed E-state index contributed by atoms with van der Waals surface area (Å²) >= 11 is 0. The fourth-order valence-corrected chi connectivity index (χ4v) is 5.08. The van der Waals surface area contributed by atoms with E-state index >= 15 is 0 Å². The van der Waals surface area contributed by atoms with Crippen molar-refractivity contribution in [3.8, 4) is 0 Å². The number of carbonyl (C=O) groups is 2. The molecule has 7 heteroatoms. The number of sulfone groups is 1. The van der Waals surface area contributed by atoms with Gasteiger partial charge >= 0.3 is 5.97 Å². The van der Waals surface area contributed by atoms with E-state index in [0.29, 0.717) is 12.8 Å². The lowest BCUT2D eigenvalue weighted by Crippen LogP contribution is -2.42. The van der Waals surface area contributed by atoms with E-state index in [1.54, 1.807) is 0 Å². The van der Waals surface area contributed by atoms with Crippen molar-refractivity contribution in [1.82, 2.24) is 5.32 Å². The third kappa shape index (κ3) is 3.45. The Morgan fingerprint density at radius 3 is 2.12 bits per heavy atom. The fraction of sp³-hybridized carbons (Fsp3) is 0.529. The third-order valence-corrected chi connectivity index (χ3v) is 7.11. The van der Waals surface area contributed by atoms with Gasteiger partial charge in [-0.1, -0.05) is 12.8 Å². The van der Waals surface area contributed by atoms with Crippen LogP contribution in [-0.2, 0) is 14.6 Å². The van der Waals surface area contributed by atoms with E-state index in [1.807, 2.05) is 0 Å². The number of amides is 1. The van der Waals surface area contributed by atoms with Gasteiger partial charge in [0, 0.05) is 5.56 Å². The van der Waals surface area contributed by atoms with E-state index in [1.165, 1.54) is 24.3 Å². The molecule has 130 valence electrons. The first kappa shape index (κ1) is 17.0. The number of carboxylic acid groups (broad SMARTS) is 1. The number of rotatable bonds is 6. The first-order chi connectivity index (χ1) is 11.4. The van der Waals surface area contributed by atoms with E-state index in [4.69, 9.17) is 5.11 Å². The maximum absolute atomic E-state index is 12.5. The predicted molar refractivity (Wildman–Crippen MR) is 87.5 cm³/mol. The van der Waals surface area contributed by atoms with Crippen LogP contribution in [0.2, 0.25) is 0 Å². The highest BCUT2D eigenvalue weighted by Crippen LogP contribution is 2.33. The maximum Gasteiger partial charge on any atom is 0.326 e. The van der Waals surface area contributed by atoms with Crippen molar-refractivity contribution in [3.05, 3.63) is 29.8 Å². The van der Waals surface area contributed by atoms with Crippen molar-refractivity contribution in [2.24, 2.45) is 5.92 Å². The molecule has 1 aromatic carbocycles. The molecule has 2 aliphatic carbocycles.